The molecule has 5 heteroatoms. The molecule has 1 aromatic heterocycles. The molecule has 5 nitrogen and oxygen atoms in total. The Hall–Kier alpha value is -1.49. The van der Waals surface area contributed by atoms with Crippen molar-refractivity contribution in [3.8, 4) is 0 Å². The predicted octanol–water partition coefficient (Wildman–Crippen LogP) is 3.34. The lowest BCUT2D eigenvalue weighted by atomic mass is 9.85. The van der Waals surface area contributed by atoms with Gasteiger partial charge in [-0.15, -0.1) is 0 Å². The molecule has 1 aromatic rings. The number of aliphatic hydroxyl groups is 1. The Morgan fingerprint density at radius 2 is 2.17 bits per heavy atom. The van der Waals surface area contributed by atoms with Crippen LogP contribution in [0.2, 0.25) is 0 Å². The van der Waals surface area contributed by atoms with Crippen LogP contribution in [0.1, 0.15) is 58.6 Å². The van der Waals surface area contributed by atoms with Gasteiger partial charge in [0.25, 0.3) is 0 Å². The normalized spacial score (nSPS) is 21.3. The van der Waals surface area contributed by atoms with Gasteiger partial charge in [0.05, 0.1) is 12.1 Å². The van der Waals surface area contributed by atoms with E-state index in [0.29, 0.717) is 13.1 Å². The standard InChI is InChI=1S/C18H30N2O3/c1-6-14-7-8-15(23-14)16(18(3,4)5)19-17(22)20-10-9-13(11-20)12(2)21/h7-8,12-13,16,21H,6,9-11H2,1-5H3,(H,19,22)/t12-,13+,16-/m0/s1. The molecule has 3 atom stereocenters. The monoisotopic (exact) mass is 322 g/mol. The number of nitrogens with one attached hydrogen (secondary N) is 1. The van der Waals surface area contributed by atoms with Crippen LogP contribution in [0, 0.1) is 11.3 Å². The lowest BCUT2D eigenvalue weighted by molar-refractivity contribution is 0.127. The molecule has 1 aliphatic heterocycles. The quantitative estimate of drug-likeness (QED) is 0.893. The summed E-state index contributed by atoms with van der Waals surface area (Å²) in [6.45, 7) is 11.4. The van der Waals surface area contributed by atoms with Crippen LogP contribution in [-0.2, 0) is 6.42 Å². The van der Waals surface area contributed by atoms with Gasteiger partial charge in [0.1, 0.15) is 11.5 Å². The zero-order valence-electron chi connectivity index (χ0n) is 14.9. The molecular formula is C18H30N2O3. The van der Waals surface area contributed by atoms with Gasteiger partial charge in [0.2, 0.25) is 0 Å². The van der Waals surface area contributed by atoms with E-state index in [-0.39, 0.29) is 29.5 Å². The summed E-state index contributed by atoms with van der Waals surface area (Å²) in [4.78, 5) is 14.4. The van der Waals surface area contributed by atoms with Gasteiger partial charge in [0, 0.05) is 25.4 Å². The van der Waals surface area contributed by atoms with Crippen molar-refractivity contribution in [2.24, 2.45) is 11.3 Å². The third-order valence-electron chi connectivity index (χ3n) is 4.64. The first-order valence-corrected chi connectivity index (χ1v) is 8.54. The minimum absolute atomic E-state index is 0.0810. The van der Waals surface area contributed by atoms with E-state index in [1.165, 1.54) is 0 Å². The third-order valence-corrected chi connectivity index (χ3v) is 4.64. The maximum absolute atomic E-state index is 12.6. The summed E-state index contributed by atoms with van der Waals surface area (Å²) in [5, 5.41) is 12.8. The first kappa shape index (κ1) is 17.9. The Morgan fingerprint density at radius 3 is 2.65 bits per heavy atom. The second-order valence-corrected chi connectivity index (χ2v) is 7.64. The molecule has 2 amide bonds. The SMILES string of the molecule is CCc1ccc([C@H](NC(=O)N2CC[C@@H]([C@H](C)O)C2)C(C)(C)C)o1. The average Bonchev–Trinajstić information content (AvgIpc) is 3.12. The fraction of sp³-hybridized carbons (Fsp3) is 0.722. The number of likely N-dealkylation sites (tertiary alicyclic amines) is 1. The molecule has 0 spiro atoms. The van der Waals surface area contributed by atoms with Crippen LogP contribution >= 0.6 is 0 Å². The number of amides is 2. The highest BCUT2D eigenvalue weighted by molar-refractivity contribution is 5.75. The number of rotatable bonds is 4. The molecule has 0 radical (unpaired) electrons. The lowest BCUT2D eigenvalue weighted by Crippen LogP contribution is -2.44. The number of hydrogen-bond acceptors (Lipinski definition) is 3. The fourth-order valence-electron chi connectivity index (χ4n) is 3.03. The van der Waals surface area contributed by atoms with Crippen molar-refractivity contribution in [2.45, 2.75) is 59.6 Å². The summed E-state index contributed by atoms with van der Waals surface area (Å²) in [5.41, 5.74) is -0.151. The smallest absolute Gasteiger partial charge is 0.318 e. The first-order valence-electron chi connectivity index (χ1n) is 8.54. The summed E-state index contributed by atoms with van der Waals surface area (Å²) < 4.78 is 5.87. The second-order valence-electron chi connectivity index (χ2n) is 7.64. The van der Waals surface area contributed by atoms with Crippen LogP contribution in [0.25, 0.3) is 0 Å². The van der Waals surface area contributed by atoms with E-state index in [9.17, 15) is 9.90 Å². The van der Waals surface area contributed by atoms with E-state index in [1.54, 1.807) is 11.8 Å². The maximum Gasteiger partial charge on any atom is 0.318 e. The van der Waals surface area contributed by atoms with Crippen LogP contribution < -0.4 is 5.32 Å². The van der Waals surface area contributed by atoms with E-state index in [1.807, 2.05) is 19.1 Å². The highest BCUT2D eigenvalue weighted by Crippen LogP contribution is 2.34. The largest absolute Gasteiger partial charge is 0.464 e. The zero-order chi connectivity index (χ0) is 17.2. The molecule has 1 aliphatic rings. The lowest BCUT2D eigenvalue weighted by Gasteiger charge is -2.31. The van der Waals surface area contributed by atoms with Gasteiger partial charge in [0.15, 0.2) is 0 Å². The Labute approximate surface area is 139 Å². The fourth-order valence-corrected chi connectivity index (χ4v) is 3.03. The Bertz CT molecular complexity index is 531. The van der Waals surface area contributed by atoms with Crippen molar-refractivity contribution < 1.29 is 14.3 Å². The van der Waals surface area contributed by atoms with Gasteiger partial charge in [-0.2, -0.15) is 0 Å². The van der Waals surface area contributed by atoms with Crippen LogP contribution in [0.15, 0.2) is 16.5 Å². The number of carbonyl (C=O) groups is 1. The van der Waals surface area contributed by atoms with Crippen molar-refractivity contribution >= 4 is 6.03 Å². The molecule has 23 heavy (non-hydrogen) atoms. The number of carbonyl (C=O) groups excluding carboxylic acids is 1. The van der Waals surface area contributed by atoms with Gasteiger partial charge in [-0.05, 0) is 30.9 Å². The van der Waals surface area contributed by atoms with E-state index in [2.05, 4.69) is 26.1 Å². The van der Waals surface area contributed by atoms with Crippen molar-refractivity contribution in [1.29, 1.82) is 0 Å². The summed E-state index contributed by atoms with van der Waals surface area (Å²) in [7, 11) is 0. The average molecular weight is 322 g/mol. The molecule has 0 saturated carbocycles. The number of nitrogens with zero attached hydrogens (tertiary/aromatic N) is 1. The summed E-state index contributed by atoms with van der Waals surface area (Å²) in [5.74, 6) is 1.90. The Kier molecular flexibility index (Phi) is 5.40. The molecule has 2 N–H and O–H groups in total. The molecule has 1 saturated heterocycles. The van der Waals surface area contributed by atoms with Gasteiger partial charge in [-0.1, -0.05) is 27.7 Å². The van der Waals surface area contributed by atoms with Gasteiger partial charge < -0.3 is 19.7 Å². The predicted molar refractivity (Wildman–Crippen MR) is 90.2 cm³/mol. The molecule has 2 rings (SSSR count). The molecule has 130 valence electrons. The number of hydrogen-bond donors (Lipinski definition) is 2. The minimum atomic E-state index is -0.372. The molecule has 0 aliphatic carbocycles. The highest BCUT2D eigenvalue weighted by atomic mass is 16.3. The Morgan fingerprint density at radius 1 is 1.48 bits per heavy atom. The summed E-state index contributed by atoms with van der Waals surface area (Å²) in [6, 6.07) is 3.67. The first-order chi connectivity index (χ1) is 10.7. The molecule has 0 unspecified atom stereocenters. The maximum atomic E-state index is 12.6. The minimum Gasteiger partial charge on any atom is -0.464 e. The van der Waals surface area contributed by atoms with Crippen molar-refractivity contribution in [1.82, 2.24) is 10.2 Å². The third kappa shape index (κ3) is 4.28. The summed E-state index contributed by atoms with van der Waals surface area (Å²) >= 11 is 0. The molecule has 0 bridgehead atoms. The van der Waals surface area contributed by atoms with E-state index >= 15 is 0 Å². The van der Waals surface area contributed by atoms with E-state index in [0.717, 1.165) is 24.4 Å². The zero-order valence-corrected chi connectivity index (χ0v) is 14.9. The number of aryl methyl sites for hydroxylation is 1. The number of urea groups is 1. The highest BCUT2D eigenvalue weighted by Gasteiger charge is 2.34. The van der Waals surface area contributed by atoms with Crippen molar-refractivity contribution in [3.63, 3.8) is 0 Å². The van der Waals surface area contributed by atoms with Crippen LogP contribution in [0.5, 0.6) is 0 Å². The van der Waals surface area contributed by atoms with E-state index in [4.69, 9.17) is 4.42 Å². The van der Waals surface area contributed by atoms with Gasteiger partial charge >= 0.3 is 6.03 Å². The van der Waals surface area contributed by atoms with Crippen LogP contribution in [-0.4, -0.2) is 35.2 Å². The Balaban J connectivity index is 2.08. The van der Waals surface area contributed by atoms with Crippen LogP contribution in [0.4, 0.5) is 4.79 Å². The van der Waals surface area contributed by atoms with Crippen molar-refractivity contribution in [3.05, 3.63) is 23.7 Å². The van der Waals surface area contributed by atoms with Gasteiger partial charge in [-0.25, -0.2) is 4.79 Å². The van der Waals surface area contributed by atoms with Crippen molar-refractivity contribution in [2.75, 3.05) is 13.1 Å². The molecule has 1 fully saturated rings. The molecule has 0 aromatic carbocycles. The number of aliphatic hydroxyl groups excluding tert-OH is 1. The molecular weight excluding hydrogens is 292 g/mol. The topological polar surface area (TPSA) is 65.7 Å². The van der Waals surface area contributed by atoms with E-state index < -0.39 is 0 Å². The second kappa shape index (κ2) is 6.95. The summed E-state index contributed by atoms with van der Waals surface area (Å²) in [6.07, 6.45) is 1.32. The van der Waals surface area contributed by atoms with Crippen LogP contribution in [0.3, 0.4) is 0 Å². The number of furan rings is 1. The van der Waals surface area contributed by atoms with Gasteiger partial charge in [-0.3, -0.25) is 0 Å². The molecule has 2 heterocycles.